The van der Waals surface area contributed by atoms with E-state index in [4.69, 9.17) is 0 Å². The second kappa shape index (κ2) is 4.74. The molecule has 2 rings (SSSR count). The topological polar surface area (TPSA) is 25.8 Å². The fourth-order valence-corrected chi connectivity index (χ4v) is 2.40. The Bertz CT molecular complexity index is 343. The van der Waals surface area contributed by atoms with Gasteiger partial charge < -0.3 is 0 Å². The van der Waals surface area contributed by atoms with Crippen molar-refractivity contribution in [2.75, 3.05) is 0 Å². The molecular formula is C6H5N2NaS3. The van der Waals surface area contributed by atoms with Crippen molar-refractivity contribution in [3.8, 4) is 9.88 Å². The Balaban J connectivity index is 0.000000720. The van der Waals surface area contributed by atoms with E-state index in [0.29, 0.717) is 4.34 Å². The van der Waals surface area contributed by atoms with Crippen LogP contribution < -0.4 is 0 Å². The summed E-state index contributed by atoms with van der Waals surface area (Å²) in [5.41, 5.74) is 0. The van der Waals surface area contributed by atoms with Gasteiger partial charge in [0, 0.05) is 0 Å². The summed E-state index contributed by atoms with van der Waals surface area (Å²) in [5, 5.41) is 10.7. The van der Waals surface area contributed by atoms with Gasteiger partial charge in [0.2, 0.25) is 0 Å². The molecule has 0 radical (unpaired) electrons. The SMILES string of the molecule is Sc1nnc(-c2cccs2)s1.[NaH]. The zero-order chi connectivity index (χ0) is 7.68. The number of hydrogen-bond donors (Lipinski definition) is 1. The van der Waals surface area contributed by atoms with Crippen LogP contribution in [0.3, 0.4) is 0 Å². The van der Waals surface area contributed by atoms with Gasteiger partial charge >= 0.3 is 29.6 Å². The van der Waals surface area contributed by atoms with Crippen molar-refractivity contribution in [1.29, 1.82) is 0 Å². The van der Waals surface area contributed by atoms with Gasteiger partial charge in [0.15, 0.2) is 9.35 Å². The van der Waals surface area contributed by atoms with E-state index in [1.807, 2.05) is 17.5 Å². The normalized spacial score (nSPS) is 9.42. The summed E-state index contributed by atoms with van der Waals surface area (Å²) in [6.07, 6.45) is 0. The van der Waals surface area contributed by atoms with Crippen LogP contribution in [0.15, 0.2) is 21.9 Å². The number of thiophene rings is 1. The Kier molecular flexibility index (Phi) is 4.22. The van der Waals surface area contributed by atoms with Crippen molar-refractivity contribution >= 4 is 64.9 Å². The molecule has 2 aromatic heterocycles. The third kappa shape index (κ3) is 2.31. The molecule has 0 aliphatic carbocycles. The summed E-state index contributed by atoms with van der Waals surface area (Å²) in [6.45, 7) is 0. The molecule has 58 valence electrons. The quantitative estimate of drug-likeness (QED) is 0.591. The first kappa shape index (κ1) is 10.7. The van der Waals surface area contributed by atoms with Gasteiger partial charge in [-0.05, 0) is 11.4 Å². The summed E-state index contributed by atoms with van der Waals surface area (Å²) in [5.74, 6) is 0. The van der Waals surface area contributed by atoms with Crippen LogP contribution in [0, 0.1) is 0 Å². The van der Waals surface area contributed by atoms with E-state index in [9.17, 15) is 0 Å². The fraction of sp³-hybridized carbons (Fsp3) is 0. The van der Waals surface area contributed by atoms with Gasteiger partial charge in [0.1, 0.15) is 0 Å². The second-order valence-corrected chi connectivity index (χ2v) is 4.52. The summed E-state index contributed by atoms with van der Waals surface area (Å²) in [4.78, 5) is 1.16. The fourth-order valence-electron chi connectivity index (χ4n) is 0.715. The average Bonchev–Trinajstić information content (AvgIpc) is 2.55. The number of thiol groups is 1. The van der Waals surface area contributed by atoms with Crippen LogP contribution in [0.25, 0.3) is 9.88 Å². The molecule has 0 aliphatic heterocycles. The average molecular weight is 224 g/mol. The molecule has 6 heteroatoms. The molecule has 0 spiro atoms. The number of aromatic nitrogens is 2. The molecule has 12 heavy (non-hydrogen) atoms. The predicted molar refractivity (Wildman–Crippen MR) is 57.6 cm³/mol. The van der Waals surface area contributed by atoms with Crippen LogP contribution in [-0.2, 0) is 0 Å². The van der Waals surface area contributed by atoms with E-state index < -0.39 is 0 Å². The first-order chi connectivity index (χ1) is 5.36. The van der Waals surface area contributed by atoms with Crippen LogP contribution in [0.4, 0.5) is 0 Å². The van der Waals surface area contributed by atoms with Crippen molar-refractivity contribution in [3.63, 3.8) is 0 Å². The van der Waals surface area contributed by atoms with Crippen molar-refractivity contribution in [1.82, 2.24) is 10.2 Å². The molecule has 0 saturated heterocycles. The van der Waals surface area contributed by atoms with Crippen molar-refractivity contribution < 1.29 is 0 Å². The molecule has 0 saturated carbocycles. The van der Waals surface area contributed by atoms with Gasteiger partial charge in [0.05, 0.1) is 4.88 Å². The first-order valence-electron chi connectivity index (χ1n) is 2.92. The van der Waals surface area contributed by atoms with Crippen LogP contribution >= 0.6 is 35.3 Å². The molecule has 0 amide bonds. The molecule has 0 fully saturated rings. The standard InChI is InChI=1S/C6H4N2S3.Na.H/c9-6-8-7-5(11-6)4-2-1-3-10-4;;/h1-3H,(H,8,9);;. The zero-order valence-electron chi connectivity index (χ0n) is 5.39. The maximum atomic E-state index is 4.09. The predicted octanol–water partition coefficient (Wildman–Crippen LogP) is 1.91. The molecule has 0 unspecified atom stereocenters. The van der Waals surface area contributed by atoms with E-state index in [1.54, 1.807) is 11.3 Å². The van der Waals surface area contributed by atoms with Crippen molar-refractivity contribution in [3.05, 3.63) is 17.5 Å². The monoisotopic (exact) mass is 224 g/mol. The second-order valence-electron chi connectivity index (χ2n) is 1.87. The molecule has 0 aromatic carbocycles. The zero-order valence-corrected chi connectivity index (χ0v) is 7.92. The number of nitrogens with zero attached hydrogens (tertiary/aromatic N) is 2. The Morgan fingerprint density at radius 3 is 2.67 bits per heavy atom. The third-order valence-electron chi connectivity index (χ3n) is 1.15. The molecule has 2 nitrogen and oxygen atoms in total. The van der Waals surface area contributed by atoms with E-state index in [2.05, 4.69) is 22.8 Å². The van der Waals surface area contributed by atoms with Crippen LogP contribution in [0.2, 0.25) is 0 Å². The Labute approximate surface area is 106 Å². The molecule has 0 aliphatic rings. The molecular weight excluding hydrogens is 219 g/mol. The Morgan fingerprint density at radius 1 is 1.33 bits per heavy atom. The van der Waals surface area contributed by atoms with Gasteiger partial charge in [-0.3, -0.25) is 0 Å². The Morgan fingerprint density at radius 2 is 2.17 bits per heavy atom. The summed E-state index contributed by atoms with van der Waals surface area (Å²) < 4.78 is 0.716. The third-order valence-corrected chi connectivity index (χ3v) is 3.27. The molecule has 0 atom stereocenters. The minimum atomic E-state index is 0. The van der Waals surface area contributed by atoms with E-state index >= 15 is 0 Å². The summed E-state index contributed by atoms with van der Waals surface area (Å²) in [7, 11) is 0. The Hall–Kier alpha value is 0.610. The van der Waals surface area contributed by atoms with E-state index in [1.165, 1.54) is 11.3 Å². The van der Waals surface area contributed by atoms with E-state index in [-0.39, 0.29) is 29.6 Å². The van der Waals surface area contributed by atoms with Crippen molar-refractivity contribution in [2.24, 2.45) is 0 Å². The number of hydrogen-bond acceptors (Lipinski definition) is 5. The maximum absolute atomic E-state index is 4.09. The molecule has 0 N–H and O–H groups in total. The van der Waals surface area contributed by atoms with Crippen LogP contribution in [0.5, 0.6) is 0 Å². The van der Waals surface area contributed by atoms with Gasteiger partial charge in [-0.25, -0.2) is 0 Å². The van der Waals surface area contributed by atoms with Gasteiger partial charge in [-0.15, -0.1) is 34.2 Å². The molecule has 2 heterocycles. The van der Waals surface area contributed by atoms with Gasteiger partial charge in [0.25, 0.3) is 0 Å². The van der Waals surface area contributed by atoms with Crippen LogP contribution in [-0.4, -0.2) is 39.8 Å². The van der Waals surface area contributed by atoms with Crippen LogP contribution in [0.1, 0.15) is 0 Å². The first-order valence-corrected chi connectivity index (χ1v) is 5.07. The molecule has 2 aromatic rings. The van der Waals surface area contributed by atoms with Gasteiger partial charge in [-0.2, -0.15) is 0 Å². The summed E-state index contributed by atoms with van der Waals surface area (Å²) in [6, 6.07) is 4.03. The van der Waals surface area contributed by atoms with Gasteiger partial charge in [-0.1, -0.05) is 17.4 Å². The summed E-state index contributed by atoms with van der Waals surface area (Å²) >= 11 is 7.25. The molecule has 0 bridgehead atoms. The minimum absolute atomic E-state index is 0. The van der Waals surface area contributed by atoms with E-state index in [0.717, 1.165) is 9.88 Å². The van der Waals surface area contributed by atoms with Crippen molar-refractivity contribution in [2.45, 2.75) is 4.34 Å². The number of rotatable bonds is 1.